The van der Waals surface area contributed by atoms with Crippen molar-refractivity contribution in [1.29, 1.82) is 0 Å². The van der Waals surface area contributed by atoms with E-state index in [-0.39, 0.29) is 0 Å². The first-order chi connectivity index (χ1) is 9.41. The van der Waals surface area contributed by atoms with Crippen LogP contribution in [0.1, 0.15) is 84.0 Å². The van der Waals surface area contributed by atoms with Crippen molar-refractivity contribution in [2.45, 2.75) is 84.0 Å². The number of rotatable bonds is 16. The zero-order valence-electron chi connectivity index (χ0n) is 12.8. The highest BCUT2D eigenvalue weighted by Crippen LogP contribution is 2.11. The van der Waals surface area contributed by atoms with Gasteiger partial charge < -0.3 is 0 Å². The van der Waals surface area contributed by atoms with Crippen LogP contribution >= 0.6 is 0 Å². The molecule has 19 heavy (non-hydrogen) atoms. The van der Waals surface area contributed by atoms with E-state index in [1.165, 1.54) is 77.0 Å². The van der Waals surface area contributed by atoms with Crippen molar-refractivity contribution >= 4 is 0 Å². The Morgan fingerprint density at radius 2 is 1.11 bits per heavy atom. The third kappa shape index (κ3) is 17.8. The zero-order valence-corrected chi connectivity index (χ0v) is 12.8. The van der Waals surface area contributed by atoms with Crippen LogP contribution in [-0.2, 0) is 0 Å². The van der Waals surface area contributed by atoms with Crippen LogP contribution in [0.3, 0.4) is 0 Å². The molecule has 0 aromatic carbocycles. The second-order valence-electron chi connectivity index (χ2n) is 5.21. The molecule has 0 aliphatic carbocycles. The maximum atomic E-state index is 5.02. The van der Waals surface area contributed by atoms with Gasteiger partial charge in [-0.2, -0.15) is 16.6 Å². The van der Waals surface area contributed by atoms with E-state index in [1.54, 1.807) is 0 Å². The molecule has 5 heteroatoms. The van der Waals surface area contributed by atoms with E-state index in [4.69, 9.17) is 5.84 Å². The summed E-state index contributed by atoms with van der Waals surface area (Å²) in [6.07, 6.45) is 16.6. The van der Waals surface area contributed by atoms with Crippen molar-refractivity contribution in [2.24, 2.45) is 5.84 Å². The predicted molar refractivity (Wildman–Crippen MR) is 82.7 cm³/mol. The summed E-state index contributed by atoms with van der Waals surface area (Å²) in [5.74, 6) is 5.02. The number of hydrazine groups is 4. The first-order valence-electron chi connectivity index (χ1n) is 8.10. The Bertz CT molecular complexity index is 139. The summed E-state index contributed by atoms with van der Waals surface area (Å²) in [4.78, 5) is 0. The Kier molecular flexibility index (Phi) is 17.6. The van der Waals surface area contributed by atoms with Crippen molar-refractivity contribution in [3.8, 4) is 0 Å². The van der Waals surface area contributed by atoms with Gasteiger partial charge >= 0.3 is 0 Å². The Balaban J connectivity index is 2.88. The van der Waals surface area contributed by atoms with E-state index in [2.05, 4.69) is 29.0 Å². The van der Waals surface area contributed by atoms with Gasteiger partial charge in [-0.1, -0.05) is 77.6 Å². The van der Waals surface area contributed by atoms with Crippen molar-refractivity contribution in [1.82, 2.24) is 22.0 Å². The van der Waals surface area contributed by atoms with Crippen LogP contribution < -0.4 is 27.9 Å². The lowest BCUT2D eigenvalue weighted by Crippen LogP contribution is -2.53. The molecule has 0 bridgehead atoms. The molecule has 0 spiro atoms. The van der Waals surface area contributed by atoms with E-state index in [1.807, 2.05) is 0 Å². The van der Waals surface area contributed by atoms with Crippen LogP contribution in [0.4, 0.5) is 0 Å². The SMILES string of the molecule is CCCCCCCCCCCCCCNNNNN. The first-order valence-corrected chi connectivity index (χ1v) is 8.10. The van der Waals surface area contributed by atoms with Gasteiger partial charge in [0.2, 0.25) is 0 Å². The number of nitrogens with two attached hydrogens (primary N) is 1. The second-order valence-corrected chi connectivity index (χ2v) is 5.21. The first kappa shape index (κ1) is 18.8. The van der Waals surface area contributed by atoms with E-state index < -0.39 is 0 Å². The zero-order chi connectivity index (χ0) is 14.0. The molecule has 0 fully saturated rings. The third-order valence-electron chi connectivity index (χ3n) is 3.38. The van der Waals surface area contributed by atoms with Gasteiger partial charge in [-0.25, -0.2) is 5.43 Å². The van der Waals surface area contributed by atoms with Gasteiger partial charge in [-0.15, -0.1) is 0 Å². The van der Waals surface area contributed by atoms with Crippen molar-refractivity contribution < 1.29 is 0 Å². The topological polar surface area (TPSA) is 74.1 Å². The maximum absolute atomic E-state index is 5.02. The van der Waals surface area contributed by atoms with E-state index in [0.717, 1.165) is 6.54 Å². The summed E-state index contributed by atoms with van der Waals surface area (Å²) in [7, 11) is 0. The fourth-order valence-electron chi connectivity index (χ4n) is 2.20. The minimum absolute atomic E-state index is 0.964. The molecule has 0 aromatic rings. The molecule has 0 aromatic heterocycles. The number of hydrogen-bond acceptors (Lipinski definition) is 5. The summed E-state index contributed by atoms with van der Waals surface area (Å²) in [6, 6.07) is 0. The predicted octanol–water partition coefficient (Wildman–Crippen LogP) is 2.66. The normalized spacial score (nSPS) is 11.1. The lowest BCUT2D eigenvalue weighted by molar-refractivity contribution is 0.370. The van der Waals surface area contributed by atoms with Gasteiger partial charge in [0.15, 0.2) is 0 Å². The summed E-state index contributed by atoms with van der Waals surface area (Å²) in [5.41, 5.74) is 10.6. The van der Waals surface area contributed by atoms with E-state index in [9.17, 15) is 0 Å². The van der Waals surface area contributed by atoms with Crippen LogP contribution in [0.15, 0.2) is 0 Å². The molecular formula is C14H35N5. The second kappa shape index (κ2) is 17.8. The lowest BCUT2D eigenvalue weighted by atomic mass is 10.1. The molecule has 0 saturated carbocycles. The molecule has 116 valence electrons. The van der Waals surface area contributed by atoms with Gasteiger partial charge in [0.05, 0.1) is 0 Å². The van der Waals surface area contributed by atoms with Crippen molar-refractivity contribution in [3.63, 3.8) is 0 Å². The molecule has 0 aliphatic heterocycles. The Morgan fingerprint density at radius 1 is 0.632 bits per heavy atom. The van der Waals surface area contributed by atoms with E-state index in [0.29, 0.717) is 0 Å². The van der Waals surface area contributed by atoms with E-state index >= 15 is 0 Å². The van der Waals surface area contributed by atoms with Crippen LogP contribution in [0.2, 0.25) is 0 Å². The highest BCUT2D eigenvalue weighted by atomic mass is 15.8. The standard InChI is InChI=1S/C14H35N5/c1-2-3-4-5-6-7-8-9-10-11-12-13-14-16-18-19-17-15/h16-19H,2-15H2,1H3. The Hall–Kier alpha value is -0.200. The van der Waals surface area contributed by atoms with Gasteiger partial charge in [-0.3, -0.25) is 5.84 Å². The molecule has 0 saturated heterocycles. The number of unbranched alkanes of at least 4 members (excludes halogenated alkanes) is 11. The summed E-state index contributed by atoms with van der Waals surface area (Å²) in [6.45, 7) is 3.24. The molecule has 0 radical (unpaired) electrons. The molecular weight excluding hydrogens is 238 g/mol. The average Bonchev–Trinajstić information content (AvgIpc) is 2.43. The minimum Gasteiger partial charge on any atom is -0.257 e. The largest absolute Gasteiger partial charge is 0.257 e. The van der Waals surface area contributed by atoms with Crippen molar-refractivity contribution in [2.75, 3.05) is 6.54 Å². The van der Waals surface area contributed by atoms with Crippen LogP contribution in [0, 0.1) is 0 Å². The fraction of sp³-hybridized carbons (Fsp3) is 1.00. The molecule has 0 atom stereocenters. The molecule has 0 amide bonds. The molecule has 0 aliphatic rings. The van der Waals surface area contributed by atoms with Crippen LogP contribution in [-0.4, -0.2) is 6.54 Å². The summed E-state index contributed by atoms with van der Waals surface area (Å²) in [5, 5.41) is 0. The fourth-order valence-corrected chi connectivity index (χ4v) is 2.20. The molecule has 6 N–H and O–H groups in total. The molecule has 0 rings (SSSR count). The highest BCUT2D eigenvalue weighted by molar-refractivity contribution is 4.49. The van der Waals surface area contributed by atoms with Crippen LogP contribution in [0.25, 0.3) is 0 Å². The van der Waals surface area contributed by atoms with Gasteiger partial charge in [0.25, 0.3) is 0 Å². The Labute approximate surface area is 119 Å². The van der Waals surface area contributed by atoms with Gasteiger partial charge in [0.1, 0.15) is 0 Å². The van der Waals surface area contributed by atoms with Crippen LogP contribution in [0.5, 0.6) is 0 Å². The molecule has 0 heterocycles. The molecule has 0 unspecified atom stereocenters. The highest BCUT2D eigenvalue weighted by Gasteiger charge is 1.93. The van der Waals surface area contributed by atoms with Crippen molar-refractivity contribution in [3.05, 3.63) is 0 Å². The Morgan fingerprint density at radius 3 is 1.58 bits per heavy atom. The smallest absolute Gasteiger partial charge is 0.0113 e. The third-order valence-corrected chi connectivity index (χ3v) is 3.38. The summed E-state index contributed by atoms with van der Waals surface area (Å²) < 4.78 is 0. The minimum atomic E-state index is 0.964. The quantitative estimate of drug-likeness (QED) is 0.170. The van der Waals surface area contributed by atoms with Gasteiger partial charge in [0, 0.05) is 6.54 Å². The van der Waals surface area contributed by atoms with Gasteiger partial charge in [-0.05, 0) is 6.42 Å². The number of nitrogens with one attached hydrogen (secondary N) is 4. The molecule has 5 nitrogen and oxygen atoms in total. The maximum Gasteiger partial charge on any atom is 0.0113 e. The lowest BCUT2D eigenvalue weighted by Gasteiger charge is -2.06. The number of hydrogen-bond donors (Lipinski definition) is 5. The monoisotopic (exact) mass is 273 g/mol. The summed E-state index contributed by atoms with van der Waals surface area (Å²) >= 11 is 0. The average molecular weight is 273 g/mol.